The van der Waals surface area contributed by atoms with Crippen LogP contribution in [-0.4, -0.2) is 22.6 Å². The fourth-order valence-electron chi connectivity index (χ4n) is 2.18. The van der Waals surface area contributed by atoms with E-state index in [4.69, 9.17) is 0 Å². The molecule has 0 aromatic carbocycles. The summed E-state index contributed by atoms with van der Waals surface area (Å²) in [6, 6.07) is 1.60. The van der Waals surface area contributed by atoms with E-state index in [9.17, 15) is 4.79 Å². The van der Waals surface area contributed by atoms with Crippen LogP contribution in [0.4, 0.5) is 0 Å². The van der Waals surface area contributed by atoms with E-state index in [0.29, 0.717) is 0 Å². The van der Waals surface area contributed by atoms with Crippen molar-refractivity contribution < 1.29 is 0 Å². The van der Waals surface area contributed by atoms with Gasteiger partial charge in [0.05, 0.1) is 6.33 Å². The molecule has 16 heavy (non-hydrogen) atoms. The fraction of sp³-hybridized carbons (Fsp3) is 0.667. The van der Waals surface area contributed by atoms with Crippen molar-refractivity contribution in [1.82, 2.24) is 14.9 Å². The lowest BCUT2D eigenvalue weighted by Crippen LogP contribution is -2.29. The molecule has 1 aromatic rings. The maximum absolute atomic E-state index is 11.6. The van der Waals surface area contributed by atoms with Crippen LogP contribution in [0.2, 0.25) is 0 Å². The summed E-state index contributed by atoms with van der Waals surface area (Å²) in [6.07, 6.45) is 5.22. The lowest BCUT2D eigenvalue weighted by Gasteiger charge is -2.22. The van der Waals surface area contributed by atoms with Crippen LogP contribution in [0.25, 0.3) is 0 Å². The fourth-order valence-corrected chi connectivity index (χ4v) is 2.18. The highest BCUT2D eigenvalue weighted by molar-refractivity contribution is 4.95. The predicted octanol–water partition coefficient (Wildman–Crippen LogP) is 0.941. The molecule has 1 saturated heterocycles. The second-order valence-electron chi connectivity index (χ2n) is 4.54. The lowest BCUT2D eigenvalue weighted by molar-refractivity contribution is 0.335. The SMILES string of the molecule is Cc1cc(=O)n(CCC2CCNCC2)cn1. The first-order valence-electron chi connectivity index (χ1n) is 5.99. The molecule has 1 aliphatic rings. The highest BCUT2D eigenvalue weighted by Gasteiger charge is 2.12. The quantitative estimate of drug-likeness (QED) is 0.826. The van der Waals surface area contributed by atoms with Crippen LogP contribution in [0, 0.1) is 12.8 Å². The largest absolute Gasteiger partial charge is 0.317 e. The smallest absolute Gasteiger partial charge is 0.253 e. The van der Waals surface area contributed by atoms with Gasteiger partial charge in [-0.1, -0.05) is 0 Å². The Morgan fingerprint density at radius 1 is 1.50 bits per heavy atom. The zero-order valence-electron chi connectivity index (χ0n) is 9.78. The van der Waals surface area contributed by atoms with E-state index in [1.165, 1.54) is 12.8 Å². The first kappa shape index (κ1) is 11.3. The lowest BCUT2D eigenvalue weighted by atomic mass is 9.95. The molecule has 0 radical (unpaired) electrons. The van der Waals surface area contributed by atoms with Gasteiger partial charge < -0.3 is 5.32 Å². The molecule has 0 aliphatic carbocycles. The van der Waals surface area contributed by atoms with Gasteiger partial charge in [-0.15, -0.1) is 0 Å². The number of nitrogens with one attached hydrogen (secondary N) is 1. The Morgan fingerprint density at radius 3 is 2.94 bits per heavy atom. The van der Waals surface area contributed by atoms with E-state index in [2.05, 4.69) is 10.3 Å². The van der Waals surface area contributed by atoms with Crippen molar-refractivity contribution >= 4 is 0 Å². The molecular weight excluding hydrogens is 202 g/mol. The van der Waals surface area contributed by atoms with Gasteiger partial charge in [-0.05, 0) is 45.2 Å². The van der Waals surface area contributed by atoms with Crippen molar-refractivity contribution in [3.8, 4) is 0 Å². The van der Waals surface area contributed by atoms with Gasteiger partial charge in [0.25, 0.3) is 5.56 Å². The third kappa shape index (κ3) is 2.92. The van der Waals surface area contributed by atoms with Crippen LogP contribution in [0.15, 0.2) is 17.2 Å². The molecule has 2 rings (SSSR count). The Morgan fingerprint density at radius 2 is 2.25 bits per heavy atom. The second-order valence-corrected chi connectivity index (χ2v) is 4.54. The molecule has 2 heterocycles. The van der Waals surface area contributed by atoms with Gasteiger partial charge in [-0.3, -0.25) is 9.36 Å². The summed E-state index contributed by atoms with van der Waals surface area (Å²) in [4.78, 5) is 15.8. The van der Waals surface area contributed by atoms with E-state index in [1.54, 1.807) is 17.0 Å². The average Bonchev–Trinajstić information content (AvgIpc) is 2.29. The van der Waals surface area contributed by atoms with Crippen LogP contribution < -0.4 is 10.9 Å². The van der Waals surface area contributed by atoms with Gasteiger partial charge in [0.2, 0.25) is 0 Å². The molecule has 88 valence electrons. The molecule has 1 aromatic heterocycles. The van der Waals surface area contributed by atoms with Crippen LogP contribution in [0.5, 0.6) is 0 Å². The molecular formula is C12H19N3O. The topological polar surface area (TPSA) is 46.9 Å². The number of rotatable bonds is 3. The molecule has 0 bridgehead atoms. The minimum absolute atomic E-state index is 0.0708. The number of hydrogen-bond donors (Lipinski definition) is 1. The monoisotopic (exact) mass is 221 g/mol. The van der Waals surface area contributed by atoms with Crippen LogP contribution >= 0.6 is 0 Å². The van der Waals surface area contributed by atoms with Gasteiger partial charge >= 0.3 is 0 Å². The van der Waals surface area contributed by atoms with Crippen molar-refractivity contribution in [3.05, 3.63) is 28.4 Å². The summed E-state index contributed by atoms with van der Waals surface area (Å²) in [5.41, 5.74) is 0.865. The van der Waals surface area contributed by atoms with E-state index >= 15 is 0 Å². The summed E-state index contributed by atoms with van der Waals surface area (Å²) in [6.45, 7) is 4.88. The number of piperidine rings is 1. The first-order valence-corrected chi connectivity index (χ1v) is 5.99. The Balaban J connectivity index is 1.91. The van der Waals surface area contributed by atoms with Crippen LogP contribution in [0.3, 0.4) is 0 Å². The maximum atomic E-state index is 11.6. The van der Waals surface area contributed by atoms with E-state index < -0.39 is 0 Å². The number of aryl methyl sites for hydroxylation is 2. The molecule has 0 atom stereocenters. The highest BCUT2D eigenvalue weighted by Crippen LogP contribution is 2.16. The normalized spacial score (nSPS) is 17.6. The predicted molar refractivity (Wildman–Crippen MR) is 63.4 cm³/mol. The van der Waals surface area contributed by atoms with Crippen LogP contribution in [0.1, 0.15) is 25.0 Å². The maximum Gasteiger partial charge on any atom is 0.253 e. The number of nitrogens with zero attached hydrogens (tertiary/aromatic N) is 2. The second kappa shape index (κ2) is 5.25. The standard InChI is InChI=1S/C12H19N3O/c1-10-8-12(16)15(9-14-10)7-4-11-2-5-13-6-3-11/h8-9,11,13H,2-7H2,1H3. The third-order valence-corrected chi connectivity index (χ3v) is 3.25. The van der Waals surface area contributed by atoms with Crippen molar-refractivity contribution in [2.75, 3.05) is 13.1 Å². The number of aromatic nitrogens is 2. The first-order chi connectivity index (χ1) is 7.75. The van der Waals surface area contributed by atoms with E-state index in [1.807, 2.05) is 6.92 Å². The Labute approximate surface area is 95.7 Å². The van der Waals surface area contributed by atoms with Crippen LogP contribution in [-0.2, 0) is 6.54 Å². The molecule has 1 N–H and O–H groups in total. The molecule has 0 unspecified atom stereocenters. The third-order valence-electron chi connectivity index (χ3n) is 3.25. The van der Waals surface area contributed by atoms with Gasteiger partial charge in [-0.25, -0.2) is 4.98 Å². The van der Waals surface area contributed by atoms with Crippen molar-refractivity contribution in [2.45, 2.75) is 32.7 Å². The Hall–Kier alpha value is -1.16. The Kier molecular flexibility index (Phi) is 3.72. The molecule has 1 aliphatic heterocycles. The molecule has 4 nitrogen and oxygen atoms in total. The van der Waals surface area contributed by atoms with Gasteiger partial charge in [0, 0.05) is 18.3 Å². The van der Waals surface area contributed by atoms with Crippen molar-refractivity contribution in [1.29, 1.82) is 0 Å². The molecule has 1 fully saturated rings. The van der Waals surface area contributed by atoms with Gasteiger partial charge in [-0.2, -0.15) is 0 Å². The summed E-state index contributed by atoms with van der Waals surface area (Å²) >= 11 is 0. The molecule has 0 saturated carbocycles. The minimum atomic E-state index is 0.0708. The van der Waals surface area contributed by atoms with Gasteiger partial charge in [0.15, 0.2) is 0 Å². The summed E-state index contributed by atoms with van der Waals surface area (Å²) in [5.74, 6) is 0.759. The number of hydrogen-bond acceptors (Lipinski definition) is 3. The summed E-state index contributed by atoms with van der Waals surface area (Å²) in [5, 5.41) is 3.35. The summed E-state index contributed by atoms with van der Waals surface area (Å²) in [7, 11) is 0. The van der Waals surface area contributed by atoms with E-state index in [0.717, 1.165) is 37.7 Å². The highest BCUT2D eigenvalue weighted by atomic mass is 16.1. The average molecular weight is 221 g/mol. The molecule has 0 amide bonds. The Bertz CT molecular complexity index is 393. The van der Waals surface area contributed by atoms with Crippen molar-refractivity contribution in [2.24, 2.45) is 5.92 Å². The van der Waals surface area contributed by atoms with Crippen molar-refractivity contribution in [3.63, 3.8) is 0 Å². The minimum Gasteiger partial charge on any atom is -0.317 e. The summed E-state index contributed by atoms with van der Waals surface area (Å²) < 4.78 is 1.72. The van der Waals surface area contributed by atoms with E-state index in [-0.39, 0.29) is 5.56 Å². The molecule has 0 spiro atoms. The zero-order valence-corrected chi connectivity index (χ0v) is 9.78. The van der Waals surface area contributed by atoms with Gasteiger partial charge in [0.1, 0.15) is 0 Å². The zero-order chi connectivity index (χ0) is 11.4. The molecule has 4 heteroatoms.